The fraction of sp³-hybridized carbons (Fsp3) is 0.600. The maximum absolute atomic E-state index is 12.3. The normalized spacial score (nSPS) is 17.4. The third-order valence-electron chi connectivity index (χ3n) is 3.46. The SMILES string of the molecule is CC(C)CC(C)(O)CNS(=O)(=O)c1ccc2c(c1)CCO2. The number of ether oxygens (including phenoxy) is 1. The largest absolute Gasteiger partial charge is 0.493 e. The highest BCUT2D eigenvalue weighted by Crippen LogP contribution is 2.27. The van der Waals surface area contributed by atoms with Gasteiger partial charge in [-0.15, -0.1) is 0 Å². The molecule has 2 rings (SSSR count). The average Bonchev–Trinajstić information content (AvgIpc) is 2.82. The van der Waals surface area contributed by atoms with E-state index in [1.807, 2.05) is 13.8 Å². The molecule has 0 amide bonds. The molecule has 1 aliphatic rings. The summed E-state index contributed by atoms with van der Waals surface area (Å²) in [7, 11) is -3.62. The van der Waals surface area contributed by atoms with Crippen molar-refractivity contribution in [3.05, 3.63) is 23.8 Å². The number of hydrogen-bond donors (Lipinski definition) is 2. The van der Waals surface area contributed by atoms with E-state index in [0.29, 0.717) is 18.9 Å². The van der Waals surface area contributed by atoms with Crippen molar-refractivity contribution in [3.63, 3.8) is 0 Å². The lowest BCUT2D eigenvalue weighted by atomic mass is 9.95. The number of rotatable bonds is 6. The molecule has 2 N–H and O–H groups in total. The molecule has 21 heavy (non-hydrogen) atoms. The monoisotopic (exact) mass is 313 g/mol. The number of fused-ring (bicyclic) bond motifs is 1. The summed E-state index contributed by atoms with van der Waals surface area (Å²) in [6.45, 7) is 6.22. The van der Waals surface area contributed by atoms with Crippen LogP contribution in [-0.4, -0.2) is 32.3 Å². The first-order valence-electron chi connectivity index (χ1n) is 7.17. The molecule has 1 unspecified atom stereocenters. The molecule has 1 aromatic rings. The summed E-state index contributed by atoms with van der Waals surface area (Å²) in [4.78, 5) is 0.215. The van der Waals surface area contributed by atoms with E-state index in [9.17, 15) is 13.5 Å². The molecule has 0 saturated heterocycles. The molecule has 1 heterocycles. The highest BCUT2D eigenvalue weighted by molar-refractivity contribution is 7.89. The molecule has 6 heteroatoms. The fourth-order valence-electron chi connectivity index (χ4n) is 2.62. The van der Waals surface area contributed by atoms with Gasteiger partial charge in [-0.1, -0.05) is 13.8 Å². The van der Waals surface area contributed by atoms with Crippen molar-refractivity contribution in [2.75, 3.05) is 13.2 Å². The van der Waals surface area contributed by atoms with Crippen LogP contribution in [-0.2, 0) is 16.4 Å². The molecule has 0 spiro atoms. The van der Waals surface area contributed by atoms with Gasteiger partial charge in [-0.25, -0.2) is 13.1 Å². The molecule has 0 aromatic heterocycles. The van der Waals surface area contributed by atoms with E-state index in [1.165, 1.54) is 6.07 Å². The van der Waals surface area contributed by atoms with Crippen molar-refractivity contribution in [2.24, 2.45) is 5.92 Å². The van der Waals surface area contributed by atoms with Crippen molar-refractivity contribution < 1.29 is 18.3 Å². The summed E-state index contributed by atoms with van der Waals surface area (Å²) in [5, 5.41) is 10.2. The highest BCUT2D eigenvalue weighted by atomic mass is 32.2. The van der Waals surface area contributed by atoms with Crippen LogP contribution in [0.1, 0.15) is 32.8 Å². The zero-order valence-corrected chi connectivity index (χ0v) is 13.5. The molecule has 0 radical (unpaired) electrons. The zero-order valence-electron chi connectivity index (χ0n) is 12.7. The van der Waals surface area contributed by atoms with Gasteiger partial charge in [0.25, 0.3) is 0 Å². The third-order valence-corrected chi connectivity index (χ3v) is 4.86. The van der Waals surface area contributed by atoms with E-state index < -0.39 is 15.6 Å². The van der Waals surface area contributed by atoms with Gasteiger partial charge >= 0.3 is 0 Å². The van der Waals surface area contributed by atoms with Crippen molar-refractivity contribution in [1.82, 2.24) is 4.72 Å². The minimum absolute atomic E-state index is 0.00109. The first-order chi connectivity index (χ1) is 9.70. The van der Waals surface area contributed by atoms with E-state index in [2.05, 4.69) is 4.72 Å². The summed E-state index contributed by atoms with van der Waals surface area (Å²) in [5.74, 6) is 1.04. The van der Waals surface area contributed by atoms with Gasteiger partial charge in [0.15, 0.2) is 0 Å². The second-order valence-corrected chi connectivity index (χ2v) is 8.05. The van der Waals surface area contributed by atoms with Gasteiger partial charge in [0.1, 0.15) is 5.75 Å². The molecular weight excluding hydrogens is 290 g/mol. The van der Waals surface area contributed by atoms with E-state index in [1.54, 1.807) is 19.1 Å². The molecule has 0 saturated carbocycles. The standard InChI is InChI=1S/C15H23NO4S/c1-11(2)9-15(3,17)10-16-21(18,19)13-4-5-14-12(8-13)6-7-20-14/h4-5,8,11,16-17H,6-7,9-10H2,1-3H3. The predicted molar refractivity (Wildman–Crippen MR) is 80.9 cm³/mol. The van der Waals surface area contributed by atoms with Gasteiger partial charge in [0.2, 0.25) is 10.0 Å². The number of benzene rings is 1. The van der Waals surface area contributed by atoms with Crippen LogP contribution in [0.3, 0.4) is 0 Å². The predicted octanol–water partition coefficient (Wildman–Crippen LogP) is 1.70. The van der Waals surface area contributed by atoms with Crippen LogP contribution in [0.25, 0.3) is 0 Å². The van der Waals surface area contributed by atoms with Gasteiger partial charge in [-0.2, -0.15) is 0 Å². The average molecular weight is 313 g/mol. The van der Waals surface area contributed by atoms with Crippen LogP contribution in [0.2, 0.25) is 0 Å². The van der Waals surface area contributed by atoms with Gasteiger partial charge < -0.3 is 9.84 Å². The topological polar surface area (TPSA) is 75.6 Å². The molecule has 1 atom stereocenters. The lowest BCUT2D eigenvalue weighted by Gasteiger charge is -2.25. The first kappa shape index (κ1) is 16.3. The van der Waals surface area contributed by atoms with E-state index in [0.717, 1.165) is 17.7 Å². The Kier molecular flexibility index (Phi) is 4.60. The van der Waals surface area contributed by atoms with Crippen LogP contribution in [0.5, 0.6) is 5.75 Å². The Morgan fingerprint density at radius 1 is 1.43 bits per heavy atom. The van der Waals surface area contributed by atoms with Crippen molar-refractivity contribution >= 4 is 10.0 Å². The summed E-state index contributed by atoms with van der Waals surface area (Å²) in [6.07, 6.45) is 1.26. The zero-order chi connectivity index (χ0) is 15.7. The summed E-state index contributed by atoms with van der Waals surface area (Å²) < 4.78 is 32.5. The Hall–Kier alpha value is -1.11. The summed E-state index contributed by atoms with van der Waals surface area (Å²) >= 11 is 0. The highest BCUT2D eigenvalue weighted by Gasteiger charge is 2.26. The quantitative estimate of drug-likeness (QED) is 0.838. The van der Waals surface area contributed by atoms with E-state index >= 15 is 0 Å². The van der Waals surface area contributed by atoms with Gasteiger partial charge in [0.05, 0.1) is 17.1 Å². The summed E-state index contributed by atoms with van der Waals surface area (Å²) in [5.41, 5.74) is -0.145. The second-order valence-electron chi connectivity index (χ2n) is 6.29. The van der Waals surface area contributed by atoms with Crippen LogP contribution in [0.4, 0.5) is 0 Å². The Balaban J connectivity index is 2.08. The first-order valence-corrected chi connectivity index (χ1v) is 8.66. The Morgan fingerprint density at radius 3 is 2.81 bits per heavy atom. The van der Waals surface area contributed by atoms with Gasteiger partial charge in [-0.3, -0.25) is 0 Å². The maximum Gasteiger partial charge on any atom is 0.240 e. The van der Waals surface area contributed by atoms with E-state index in [-0.39, 0.29) is 11.4 Å². The number of sulfonamides is 1. The van der Waals surface area contributed by atoms with Crippen LogP contribution >= 0.6 is 0 Å². The molecule has 0 bridgehead atoms. The summed E-state index contributed by atoms with van der Waals surface area (Å²) in [6, 6.07) is 4.86. The molecule has 0 fully saturated rings. The van der Waals surface area contributed by atoms with E-state index in [4.69, 9.17) is 4.74 Å². The molecule has 118 valence electrons. The lowest BCUT2D eigenvalue weighted by molar-refractivity contribution is 0.0437. The molecular formula is C15H23NO4S. The van der Waals surface area contributed by atoms with Crippen LogP contribution in [0, 0.1) is 5.92 Å². The van der Waals surface area contributed by atoms with Crippen LogP contribution in [0.15, 0.2) is 23.1 Å². The minimum atomic E-state index is -3.62. The Bertz CT molecular complexity index is 608. The Labute approximate surface area is 126 Å². The maximum atomic E-state index is 12.3. The minimum Gasteiger partial charge on any atom is -0.493 e. The second kappa shape index (κ2) is 5.94. The lowest BCUT2D eigenvalue weighted by Crippen LogP contribution is -2.41. The number of nitrogens with one attached hydrogen (secondary N) is 1. The van der Waals surface area contributed by atoms with Crippen molar-refractivity contribution in [2.45, 2.75) is 44.1 Å². The van der Waals surface area contributed by atoms with Crippen molar-refractivity contribution in [3.8, 4) is 5.75 Å². The number of aliphatic hydroxyl groups is 1. The van der Waals surface area contributed by atoms with Crippen molar-refractivity contribution in [1.29, 1.82) is 0 Å². The molecule has 1 aliphatic heterocycles. The van der Waals surface area contributed by atoms with Crippen LogP contribution < -0.4 is 9.46 Å². The molecule has 0 aliphatic carbocycles. The van der Waals surface area contributed by atoms with Gasteiger partial charge in [0, 0.05) is 13.0 Å². The Morgan fingerprint density at radius 2 is 2.14 bits per heavy atom. The smallest absolute Gasteiger partial charge is 0.240 e. The molecule has 1 aromatic carbocycles. The molecule has 5 nitrogen and oxygen atoms in total. The fourth-order valence-corrected chi connectivity index (χ4v) is 3.83. The van der Waals surface area contributed by atoms with Gasteiger partial charge in [-0.05, 0) is 43.0 Å². The third kappa shape index (κ3) is 4.18. The number of hydrogen-bond acceptors (Lipinski definition) is 4.